The fourth-order valence-electron chi connectivity index (χ4n) is 3.97. The molecule has 2 aromatic heterocycles. The quantitative estimate of drug-likeness (QED) is 0.673. The van der Waals surface area contributed by atoms with Crippen LogP contribution in [0.3, 0.4) is 0 Å². The second-order valence-corrected chi connectivity index (χ2v) is 7.31. The third kappa shape index (κ3) is 3.33. The van der Waals surface area contributed by atoms with E-state index in [0.29, 0.717) is 17.9 Å². The van der Waals surface area contributed by atoms with E-state index in [1.54, 1.807) is 18.1 Å². The number of alkyl carbamates (subject to hydrolysis) is 1. The fraction of sp³-hybridized carbons (Fsp3) is 0.300. The number of methoxy groups -OCH3 is 1. The van der Waals surface area contributed by atoms with Gasteiger partial charge < -0.3 is 14.8 Å². The van der Waals surface area contributed by atoms with Gasteiger partial charge in [0, 0.05) is 11.8 Å². The molecule has 2 aliphatic rings. The summed E-state index contributed by atoms with van der Waals surface area (Å²) in [5.41, 5.74) is 4.44. The molecule has 0 spiro atoms. The third-order valence-corrected chi connectivity index (χ3v) is 5.44. The summed E-state index contributed by atoms with van der Waals surface area (Å²) in [5, 5.41) is 14.6. The number of ether oxygens (including phenoxy) is 2. The zero-order valence-corrected chi connectivity index (χ0v) is 16.8. The van der Waals surface area contributed by atoms with E-state index in [0.717, 1.165) is 22.4 Å². The van der Waals surface area contributed by atoms with Crippen molar-refractivity contribution < 1.29 is 19.1 Å². The molecule has 0 bridgehead atoms. The van der Waals surface area contributed by atoms with E-state index >= 15 is 0 Å². The van der Waals surface area contributed by atoms with Crippen LogP contribution in [0.2, 0.25) is 0 Å². The van der Waals surface area contributed by atoms with Crippen LogP contribution in [0.25, 0.3) is 22.6 Å². The zero-order chi connectivity index (χ0) is 21.5. The highest BCUT2D eigenvalue weighted by atomic mass is 16.6. The average Bonchev–Trinajstić information content (AvgIpc) is 3.46. The summed E-state index contributed by atoms with van der Waals surface area (Å²) >= 11 is 0. The number of cyclic esters (lactones) is 1. The molecule has 1 N–H and O–H groups in total. The first-order valence-corrected chi connectivity index (χ1v) is 9.69. The molecule has 0 radical (unpaired) electrons. The predicted octanol–water partition coefficient (Wildman–Crippen LogP) is 1.54. The first kappa shape index (κ1) is 19.0. The van der Waals surface area contributed by atoms with Crippen molar-refractivity contribution in [1.29, 1.82) is 0 Å². The molecule has 3 aromatic rings. The zero-order valence-electron chi connectivity index (χ0n) is 16.8. The van der Waals surface area contributed by atoms with Crippen LogP contribution in [-0.2, 0) is 22.9 Å². The number of carbonyl (C=O) groups is 2. The second kappa shape index (κ2) is 7.35. The third-order valence-electron chi connectivity index (χ3n) is 5.44. The highest BCUT2D eigenvalue weighted by Gasteiger charge is 2.47. The molecule has 0 aliphatic carbocycles. The lowest BCUT2D eigenvalue weighted by Gasteiger charge is -2.16. The van der Waals surface area contributed by atoms with Gasteiger partial charge in [-0.15, -0.1) is 10.2 Å². The van der Waals surface area contributed by atoms with Crippen molar-refractivity contribution >= 4 is 17.9 Å². The number of amides is 2. The number of anilines is 1. The Bertz CT molecular complexity index is 1160. The van der Waals surface area contributed by atoms with E-state index in [4.69, 9.17) is 4.74 Å². The van der Waals surface area contributed by atoms with Crippen molar-refractivity contribution in [2.24, 2.45) is 7.05 Å². The number of benzene rings is 1. The minimum atomic E-state index is -0.556. The van der Waals surface area contributed by atoms with Gasteiger partial charge in [0.25, 0.3) is 0 Å². The molecular weight excluding hydrogens is 402 g/mol. The molecule has 11 nitrogen and oxygen atoms in total. The van der Waals surface area contributed by atoms with Crippen LogP contribution in [-0.4, -0.2) is 63.2 Å². The van der Waals surface area contributed by atoms with Gasteiger partial charge in [-0.3, -0.25) is 9.88 Å². The minimum absolute atomic E-state index is 0.168. The number of fused-ring (bicyclic) bond motifs is 3. The largest absolute Gasteiger partial charge is 0.453 e. The van der Waals surface area contributed by atoms with E-state index in [2.05, 4.69) is 36.5 Å². The molecule has 5 rings (SSSR count). The Morgan fingerprint density at radius 3 is 2.84 bits per heavy atom. The molecule has 31 heavy (non-hydrogen) atoms. The van der Waals surface area contributed by atoms with Gasteiger partial charge in [0.1, 0.15) is 11.8 Å². The van der Waals surface area contributed by atoms with E-state index < -0.39 is 18.3 Å². The number of pyridine rings is 1. The fourth-order valence-corrected chi connectivity index (χ4v) is 3.97. The first-order valence-electron chi connectivity index (χ1n) is 9.69. The molecule has 2 aliphatic heterocycles. The Kier molecular flexibility index (Phi) is 4.50. The summed E-state index contributed by atoms with van der Waals surface area (Å²) in [6, 6.07) is 9.56. The standard InChI is InChI=1S/C20H19N7O4/c1-26-24-18(23-25-26)14-5-3-12(9-21-14)11-4-6-15-13(7-11)8-16-17(10-22-19(28)30-2)31-20(29)27(15)16/h3-7,9,16-17H,8,10H2,1-2H3,(H,22,28)/t16-,17-/m0/s1. The Morgan fingerprint density at radius 2 is 2.13 bits per heavy atom. The van der Waals surface area contributed by atoms with E-state index in [1.165, 1.54) is 11.9 Å². The van der Waals surface area contributed by atoms with Gasteiger partial charge in [0.05, 0.1) is 32.4 Å². The minimum Gasteiger partial charge on any atom is -0.453 e. The molecule has 1 fully saturated rings. The number of aryl methyl sites for hydroxylation is 1. The number of rotatable bonds is 4. The molecule has 0 unspecified atom stereocenters. The van der Waals surface area contributed by atoms with Gasteiger partial charge in [-0.1, -0.05) is 12.1 Å². The van der Waals surface area contributed by atoms with Gasteiger partial charge in [-0.2, -0.15) is 4.80 Å². The average molecular weight is 421 g/mol. The van der Waals surface area contributed by atoms with Crippen molar-refractivity contribution in [3.8, 4) is 22.6 Å². The smallest absolute Gasteiger partial charge is 0.415 e. The molecule has 11 heteroatoms. The normalized spacial score (nSPS) is 19.0. The SMILES string of the molecule is COC(=O)NC[C@@H]1OC(=O)N2c3ccc(-c4ccc(-c5nnn(C)n5)nc4)cc3C[C@@H]12. The number of tetrazole rings is 1. The van der Waals surface area contributed by atoms with Crippen LogP contribution in [0.5, 0.6) is 0 Å². The molecule has 1 aromatic carbocycles. The van der Waals surface area contributed by atoms with Gasteiger partial charge in [0.2, 0.25) is 5.82 Å². The van der Waals surface area contributed by atoms with E-state index in [1.807, 2.05) is 24.3 Å². The van der Waals surface area contributed by atoms with Gasteiger partial charge >= 0.3 is 12.2 Å². The van der Waals surface area contributed by atoms with Gasteiger partial charge in [-0.05, 0) is 41.0 Å². The Balaban J connectivity index is 1.36. The molecular formula is C20H19N7O4. The monoisotopic (exact) mass is 421 g/mol. The maximum absolute atomic E-state index is 12.4. The van der Waals surface area contributed by atoms with Gasteiger partial charge in [-0.25, -0.2) is 9.59 Å². The van der Waals surface area contributed by atoms with Crippen LogP contribution in [0.15, 0.2) is 36.5 Å². The van der Waals surface area contributed by atoms with Crippen LogP contribution >= 0.6 is 0 Å². The van der Waals surface area contributed by atoms with Crippen molar-refractivity contribution in [3.63, 3.8) is 0 Å². The number of nitrogens with zero attached hydrogens (tertiary/aromatic N) is 6. The highest BCUT2D eigenvalue weighted by molar-refractivity contribution is 5.94. The maximum Gasteiger partial charge on any atom is 0.415 e. The summed E-state index contributed by atoms with van der Waals surface area (Å²) in [7, 11) is 2.99. The predicted molar refractivity (Wildman–Crippen MR) is 108 cm³/mol. The number of nitrogens with one attached hydrogen (secondary N) is 1. The summed E-state index contributed by atoms with van der Waals surface area (Å²) in [6.07, 6.45) is 0.997. The Labute approximate surface area is 177 Å². The first-order chi connectivity index (χ1) is 15.0. The summed E-state index contributed by atoms with van der Waals surface area (Å²) < 4.78 is 10.0. The second-order valence-electron chi connectivity index (χ2n) is 7.31. The number of aromatic nitrogens is 5. The summed E-state index contributed by atoms with van der Waals surface area (Å²) in [6.45, 7) is 0.197. The lowest BCUT2D eigenvalue weighted by Crippen LogP contribution is -2.40. The van der Waals surface area contributed by atoms with Crippen molar-refractivity contribution in [2.45, 2.75) is 18.6 Å². The molecule has 2 amide bonds. The number of hydrogen-bond donors (Lipinski definition) is 1. The van der Waals surface area contributed by atoms with Crippen LogP contribution < -0.4 is 10.2 Å². The van der Waals surface area contributed by atoms with Crippen molar-refractivity contribution in [1.82, 2.24) is 30.5 Å². The van der Waals surface area contributed by atoms with Crippen molar-refractivity contribution in [2.75, 3.05) is 18.6 Å². The molecule has 0 saturated carbocycles. The van der Waals surface area contributed by atoms with E-state index in [-0.39, 0.29) is 12.6 Å². The maximum atomic E-state index is 12.4. The molecule has 2 atom stereocenters. The summed E-state index contributed by atoms with van der Waals surface area (Å²) in [5.74, 6) is 0.466. The van der Waals surface area contributed by atoms with Crippen LogP contribution in [0.1, 0.15) is 5.56 Å². The highest BCUT2D eigenvalue weighted by Crippen LogP contribution is 2.40. The lowest BCUT2D eigenvalue weighted by atomic mass is 10.0. The molecule has 158 valence electrons. The topological polar surface area (TPSA) is 124 Å². The molecule has 1 saturated heterocycles. The summed E-state index contributed by atoms with van der Waals surface area (Å²) in [4.78, 5) is 31.3. The molecule has 4 heterocycles. The van der Waals surface area contributed by atoms with E-state index in [9.17, 15) is 9.59 Å². The number of carbonyl (C=O) groups excluding carboxylic acids is 2. The van der Waals surface area contributed by atoms with Gasteiger partial charge in [0.15, 0.2) is 0 Å². The number of hydrogen-bond acceptors (Lipinski definition) is 8. The Morgan fingerprint density at radius 1 is 1.29 bits per heavy atom. The van der Waals surface area contributed by atoms with Crippen molar-refractivity contribution in [3.05, 3.63) is 42.1 Å². The lowest BCUT2D eigenvalue weighted by molar-refractivity contribution is 0.123. The van der Waals surface area contributed by atoms with Crippen LogP contribution in [0.4, 0.5) is 15.3 Å². The Hall–Kier alpha value is -4.02. The van der Waals surface area contributed by atoms with Crippen LogP contribution in [0, 0.1) is 0 Å².